The van der Waals surface area contributed by atoms with E-state index in [0.717, 1.165) is 6.07 Å². The Kier molecular flexibility index (Phi) is 5.30. The van der Waals surface area contributed by atoms with Gasteiger partial charge in [0, 0.05) is 0 Å². The van der Waals surface area contributed by atoms with Crippen molar-refractivity contribution in [2.24, 2.45) is 5.92 Å². The summed E-state index contributed by atoms with van der Waals surface area (Å²) in [5.41, 5.74) is -0.0725. The summed E-state index contributed by atoms with van der Waals surface area (Å²) in [5.74, 6) is -2.44. The summed E-state index contributed by atoms with van der Waals surface area (Å²) in [6.45, 7) is 3.69. The molecule has 1 rings (SSSR count). The summed E-state index contributed by atoms with van der Waals surface area (Å²) in [6.07, 6.45) is 0.286. The molecule has 0 unspecified atom stereocenters. The van der Waals surface area contributed by atoms with Gasteiger partial charge in [0.05, 0.1) is 10.6 Å². The molecule has 0 bridgehead atoms. The van der Waals surface area contributed by atoms with Crippen LogP contribution in [-0.2, 0) is 4.79 Å². The number of carbonyl (C=O) groups excluding carboxylic acids is 1. The molecular formula is C13H15ClFNO3. The minimum atomic E-state index is -1.13. The van der Waals surface area contributed by atoms with E-state index in [1.54, 1.807) is 0 Å². The van der Waals surface area contributed by atoms with Crippen molar-refractivity contribution in [2.75, 3.05) is 0 Å². The van der Waals surface area contributed by atoms with Crippen molar-refractivity contribution in [1.29, 1.82) is 0 Å². The summed E-state index contributed by atoms with van der Waals surface area (Å²) >= 11 is 5.67. The molecule has 4 nitrogen and oxygen atoms in total. The Balaban J connectivity index is 2.88. The predicted octanol–water partition coefficient (Wildman–Crippen LogP) is 2.71. The number of hydrogen-bond acceptors (Lipinski definition) is 2. The highest BCUT2D eigenvalue weighted by atomic mass is 35.5. The van der Waals surface area contributed by atoms with E-state index in [4.69, 9.17) is 16.7 Å². The van der Waals surface area contributed by atoms with Crippen LogP contribution in [0.4, 0.5) is 4.39 Å². The van der Waals surface area contributed by atoms with Gasteiger partial charge in [-0.2, -0.15) is 0 Å². The number of halogens is 2. The third-order valence-electron chi connectivity index (χ3n) is 2.51. The molecule has 0 spiro atoms. The van der Waals surface area contributed by atoms with Crippen LogP contribution in [0.1, 0.15) is 30.6 Å². The molecule has 0 fully saturated rings. The largest absolute Gasteiger partial charge is 0.480 e. The number of nitrogens with one attached hydrogen (secondary N) is 1. The van der Waals surface area contributed by atoms with Gasteiger partial charge in [0.25, 0.3) is 5.91 Å². The molecule has 0 aliphatic rings. The van der Waals surface area contributed by atoms with E-state index in [0.29, 0.717) is 0 Å². The summed E-state index contributed by atoms with van der Waals surface area (Å²) in [5, 5.41) is 11.1. The lowest BCUT2D eigenvalue weighted by atomic mass is 10.0. The van der Waals surface area contributed by atoms with Gasteiger partial charge >= 0.3 is 5.97 Å². The van der Waals surface area contributed by atoms with E-state index in [9.17, 15) is 14.0 Å². The quantitative estimate of drug-likeness (QED) is 0.875. The molecule has 1 aromatic rings. The summed E-state index contributed by atoms with van der Waals surface area (Å²) in [6, 6.07) is 2.79. The molecule has 1 aromatic carbocycles. The maximum atomic E-state index is 13.2. The zero-order valence-corrected chi connectivity index (χ0v) is 11.4. The van der Waals surface area contributed by atoms with Crippen LogP contribution < -0.4 is 5.32 Å². The Morgan fingerprint density at radius 2 is 2.05 bits per heavy atom. The maximum Gasteiger partial charge on any atom is 0.326 e. The van der Waals surface area contributed by atoms with Gasteiger partial charge in [-0.25, -0.2) is 9.18 Å². The predicted molar refractivity (Wildman–Crippen MR) is 69.8 cm³/mol. The summed E-state index contributed by atoms with van der Waals surface area (Å²) in [7, 11) is 0. The molecule has 19 heavy (non-hydrogen) atoms. The molecule has 0 aliphatic carbocycles. The first kappa shape index (κ1) is 15.4. The molecule has 0 radical (unpaired) electrons. The first-order chi connectivity index (χ1) is 8.82. The van der Waals surface area contributed by atoms with Crippen LogP contribution in [0.5, 0.6) is 0 Å². The summed E-state index contributed by atoms with van der Waals surface area (Å²) < 4.78 is 13.2. The van der Waals surface area contributed by atoms with Gasteiger partial charge in [0.15, 0.2) is 0 Å². The molecule has 2 N–H and O–H groups in total. The smallest absolute Gasteiger partial charge is 0.326 e. The number of hydrogen-bond donors (Lipinski definition) is 2. The van der Waals surface area contributed by atoms with Gasteiger partial charge in [-0.3, -0.25) is 4.79 Å². The van der Waals surface area contributed by atoms with Crippen molar-refractivity contribution in [1.82, 2.24) is 5.32 Å². The van der Waals surface area contributed by atoms with Crippen molar-refractivity contribution in [2.45, 2.75) is 26.3 Å². The lowest BCUT2D eigenvalue weighted by Gasteiger charge is -2.16. The second-order valence-corrected chi connectivity index (χ2v) is 4.97. The van der Waals surface area contributed by atoms with Gasteiger partial charge in [-0.15, -0.1) is 0 Å². The SMILES string of the molecule is CC(C)C[C@H](NC(=O)c1cccc(F)c1Cl)C(=O)O. The van der Waals surface area contributed by atoms with Crippen molar-refractivity contribution in [3.05, 3.63) is 34.6 Å². The maximum absolute atomic E-state index is 13.2. The van der Waals surface area contributed by atoms with E-state index in [-0.39, 0.29) is 22.9 Å². The summed E-state index contributed by atoms with van der Waals surface area (Å²) in [4.78, 5) is 22.9. The fourth-order valence-corrected chi connectivity index (χ4v) is 1.82. The van der Waals surface area contributed by atoms with E-state index >= 15 is 0 Å². The monoisotopic (exact) mass is 287 g/mol. The number of carbonyl (C=O) groups is 2. The highest BCUT2D eigenvalue weighted by Crippen LogP contribution is 2.19. The molecule has 0 saturated carbocycles. The number of carboxylic acids is 1. The van der Waals surface area contributed by atoms with Crippen molar-refractivity contribution >= 4 is 23.5 Å². The zero-order chi connectivity index (χ0) is 14.6. The van der Waals surface area contributed by atoms with E-state index in [1.807, 2.05) is 13.8 Å². The van der Waals surface area contributed by atoms with Crippen LogP contribution in [0.2, 0.25) is 5.02 Å². The fraction of sp³-hybridized carbons (Fsp3) is 0.385. The molecule has 0 heterocycles. The van der Waals surface area contributed by atoms with Crippen LogP contribution in [0.25, 0.3) is 0 Å². The van der Waals surface area contributed by atoms with Crippen LogP contribution in [-0.4, -0.2) is 23.0 Å². The van der Waals surface area contributed by atoms with Crippen molar-refractivity contribution in [3.63, 3.8) is 0 Å². The zero-order valence-electron chi connectivity index (χ0n) is 10.6. The average Bonchev–Trinajstić information content (AvgIpc) is 2.31. The van der Waals surface area contributed by atoms with Gasteiger partial charge in [-0.1, -0.05) is 31.5 Å². The Morgan fingerprint density at radius 1 is 1.42 bits per heavy atom. The van der Waals surface area contributed by atoms with Crippen LogP contribution >= 0.6 is 11.6 Å². The van der Waals surface area contributed by atoms with E-state index in [2.05, 4.69) is 5.32 Å². The van der Waals surface area contributed by atoms with Crippen molar-refractivity contribution in [3.8, 4) is 0 Å². The van der Waals surface area contributed by atoms with Gasteiger partial charge in [0.1, 0.15) is 11.9 Å². The van der Waals surface area contributed by atoms with Gasteiger partial charge < -0.3 is 10.4 Å². The third kappa shape index (κ3) is 4.21. The molecule has 6 heteroatoms. The van der Waals surface area contributed by atoms with Crippen LogP contribution in [0, 0.1) is 11.7 Å². The molecule has 104 valence electrons. The molecule has 0 aromatic heterocycles. The Morgan fingerprint density at radius 3 is 2.58 bits per heavy atom. The Hall–Kier alpha value is -1.62. The lowest BCUT2D eigenvalue weighted by Crippen LogP contribution is -2.41. The number of carboxylic acid groups (broad SMARTS) is 1. The second kappa shape index (κ2) is 6.52. The Bertz CT molecular complexity index is 491. The van der Waals surface area contributed by atoms with Crippen LogP contribution in [0.3, 0.4) is 0 Å². The minimum Gasteiger partial charge on any atom is -0.480 e. The molecule has 0 aliphatic heterocycles. The Labute approximate surface area is 115 Å². The normalized spacial score (nSPS) is 12.3. The van der Waals surface area contributed by atoms with E-state index in [1.165, 1.54) is 12.1 Å². The van der Waals surface area contributed by atoms with E-state index < -0.39 is 23.7 Å². The second-order valence-electron chi connectivity index (χ2n) is 4.60. The number of amides is 1. The van der Waals surface area contributed by atoms with Crippen molar-refractivity contribution < 1.29 is 19.1 Å². The fourth-order valence-electron chi connectivity index (χ4n) is 1.61. The van der Waals surface area contributed by atoms with Crippen LogP contribution in [0.15, 0.2) is 18.2 Å². The highest BCUT2D eigenvalue weighted by molar-refractivity contribution is 6.34. The number of aliphatic carboxylic acids is 1. The minimum absolute atomic E-state index is 0.0725. The van der Waals surface area contributed by atoms with Gasteiger partial charge in [0.2, 0.25) is 0 Å². The third-order valence-corrected chi connectivity index (χ3v) is 2.89. The standard InChI is InChI=1S/C13H15ClFNO3/c1-7(2)6-10(13(18)19)16-12(17)8-4-3-5-9(15)11(8)14/h3-5,7,10H,6H2,1-2H3,(H,16,17)(H,18,19)/t10-/m0/s1. The molecule has 1 atom stereocenters. The van der Waals surface area contributed by atoms with Gasteiger partial charge in [-0.05, 0) is 24.5 Å². The number of rotatable bonds is 5. The topological polar surface area (TPSA) is 66.4 Å². The molecule has 0 saturated heterocycles. The molecule has 1 amide bonds. The average molecular weight is 288 g/mol. The molecular weight excluding hydrogens is 273 g/mol. The first-order valence-electron chi connectivity index (χ1n) is 5.80. The highest BCUT2D eigenvalue weighted by Gasteiger charge is 2.23. The lowest BCUT2D eigenvalue weighted by molar-refractivity contribution is -0.139. The first-order valence-corrected chi connectivity index (χ1v) is 6.18. The number of benzene rings is 1.